The number of benzene rings is 1. The van der Waals surface area contributed by atoms with E-state index in [-0.39, 0.29) is 22.1 Å². The molecule has 8 heteroatoms. The topological polar surface area (TPSA) is 50.1 Å². The first-order chi connectivity index (χ1) is 8.80. The molecule has 0 radical (unpaired) electrons. The van der Waals surface area contributed by atoms with Crippen molar-refractivity contribution in [2.75, 3.05) is 6.61 Å². The number of hydrogen-bond acceptors (Lipinski definition) is 4. The molecular formula is C11H7ClF3NO2S. The predicted octanol–water partition coefficient (Wildman–Crippen LogP) is 4.00. The number of carbonyl (C=O) groups is 1. The summed E-state index contributed by atoms with van der Waals surface area (Å²) in [5.41, 5.74) is -5.07. The third-order valence-corrected chi connectivity index (χ3v) is 3.12. The zero-order valence-corrected chi connectivity index (χ0v) is 11.1. The normalized spacial score (nSPS) is 10.9. The Morgan fingerprint density at radius 1 is 1.53 bits per heavy atom. The monoisotopic (exact) mass is 309 g/mol. The van der Waals surface area contributed by atoms with Gasteiger partial charge in [-0.1, -0.05) is 11.6 Å². The van der Waals surface area contributed by atoms with Crippen molar-refractivity contribution >= 4 is 29.3 Å². The Kier molecular flexibility index (Phi) is 5.09. The van der Waals surface area contributed by atoms with Crippen LogP contribution in [0.3, 0.4) is 0 Å². The molecule has 0 saturated heterocycles. The van der Waals surface area contributed by atoms with Crippen molar-refractivity contribution in [3.05, 3.63) is 28.3 Å². The van der Waals surface area contributed by atoms with Crippen LogP contribution in [0.4, 0.5) is 13.2 Å². The molecule has 3 nitrogen and oxygen atoms in total. The SMILES string of the molecule is CCOC(=O)c1ccc(SC(F)(F)F)c(C#N)c1Cl. The van der Waals surface area contributed by atoms with Gasteiger partial charge in [-0.2, -0.15) is 18.4 Å². The molecule has 0 unspecified atom stereocenters. The first-order valence-corrected chi connectivity index (χ1v) is 6.15. The van der Waals surface area contributed by atoms with Crippen LogP contribution in [-0.2, 0) is 4.74 Å². The minimum atomic E-state index is -4.54. The number of halogens is 4. The minimum absolute atomic E-state index is 0.0934. The van der Waals surface area contributed by atoms with Gasteiger partial charge in [0, 0.05) is 4.90 Å². The molecule has 0 heterocycles. The van der Waals surface area contributed by atoms with Gasteiger partial charge < -0.3 is 4.74 Å². The Morgan fingerprint density at radius 2 is 2.16 bits per heavy atom. The van der Waals surface area contributed by atoms with E-state index in [1.165, 1.54) is 0 Å². The second-order valence-electron chi connectivity index (χ2n) is 3.18. The van der Waals surface area contributed by atoms with E-state index in [0.717, 1.165) is 12.1 Å². The van der Waals surface area contributed by atoms with Gasteiger partial charge in [-0.25, -0.2) is 4.79 Å². The van der Waals surface area contributed by atoms with Gasteiger partial charge >= 0.3 is 11.5 Å². The minimum Gasteiger partial charge on any atom is -0.462 e. The number of hydrogen-bond donors (Lipinski definition) is 0. The lowest BCUT2D eigenvalue weighted by Gasteiger charge is -2.10. The van der Waals surface area contributed by atoms with E-state index in [2.05, 4.69) is 4.74 Å². The van der Waals surface area contributed by atoms with Crippen LogP contribution in [-0.4, -0.2) is 18.1 Å². The van der Waals surface area contributed by atoms with Crippen molar-refractivity contribution < 1.29 is 22.7 Å². The lowest BCUT2D eigenvalue weighted by Crippen LogP contribution is -2.07. The third-order valence-electron chi connectivity index (χ3n) is 1.94. The zero-order valence-electron chi connectivity index (χ0n) is 9.55. The molecule has 0 spiro atoms. The van der Waals surface area contributed by atoms with E-state index in [1.807, 2.05) is 0 Å². The van der Waals surface area contributed by atoms with Gasteiger partial charge in [-0.3, -0.25) is 0 Å². The third kappa shape index (κ3) is 4.04. The number of nitrogens with zero attached hydrogens (tertiary/aromatic N) is 1. The maximum Gasteiger partial charge on any atom is 0.446 e. The summed E-state index contributed by atoms with van der Waals surface area (Å²) in [5, 5.41) is 8.53. The fourth-order valence-electron chi connectivity index (χ4n) is 1.24. The summed E-state index contributed by atoms with van der Waals surface area (Å²) < 4.78 is 41.6. The van der Waals surface area contributed by atoms with Gasteiger partial charge in [-0.15, -0.1) is 0 Å². The molecule has 0 fully saturated rings. The van der Waals surface area contributed by atoms with Crippen LogP contribution in [0.25, 0.3) is 0 Å². The predicted molar refractivity (Wildman–Crippen MR) is 64.0 cm³/mol. The smallest absolute Gasteiger partial charge is 0.446 e. The first-order valence-electron chi connectivity index (χ1n) is 4.95. The van der Waals surface area contributed by atoms with E-state index < -0.39 is 28.8 Å². The number of nitriles is 1. The maximum absolute atomic E-state index is 12.3. The Bertz CT molecular complexity index is 540. The van der Waals surface area contributed by atoms with Crippen molar-refractivity contribution in [3.63, 3.8) is 0 Å². The van der Waals surface area contributed by atoms with Crippen molar-refractivity contribution in [1.82, 2.24) is 0 Å². The quantitative estimate of drug-likeness (QED) is 0.625. The average molecular weight is 310 g/mol. The highest BCUT2D eigenvalue weighted by molar-refractivity contribution is 8.00. The summed E-state index contributed by atoms with van der Waals surface area (Å²) in [6.45, 7) is 1.67. The fraction of sp³-hybridized carbons (Fsp3) is 0.273. The van der Waals surface area contributed by atoms with Crippen molar-refractivity contribution in [1.29, 1.82) is 5.26 Å². The summed E-state index contributed by atoms with van der Waals surface area (Å²) in [6.07, 6.45) is 0. The summed E-state index contributed by atoms with van der Waals surface area (Å²) >= 11 is 5.31. The molecule has 0 N–H and O–H groups in total. The number of rotatable bonds is 3. The molecule has 0 aromatic heterocycles. The summed E-state index contributed by atoms with van der Waals surface area (Å²) in [6, 6.07) is 3.69. The Balaban J connectivity index is 3.24. The lowest BCUT2D eigenvalue weighted by molar-refractivity contribution is -0.0328. The van der Waals surface area contributed by atoms with Gasteiger partial charge in [0.25, 0.3) is 0 Å². The zero-order chi connectivity index (χ0) is 14.6. The molecule has 0 bridgehead atoms. The highest BCUT2D eigenvalue weighted by Crippen LogP contribution is 2.40. The van der Waals surface area contributed by atoms with E-state index in [9.17, 15) is 18.0 Å². The van der Waals surface area contributed by atoms with E-state index in [0.29, 0.717) is 0 Å². The van der Waals surface area contributed by atoms with Crippen LogP contribution in [0.15, 0.2) is 17.0 Å². The highest BCUT2D eigenvalue weighted by Gasteiger charge is 2.31. The summed E-state index contributed by atoms with van der Waals surface area (Å²) in [5.74, 6) is -0.785. The Labute approximate surface area is 116 Å². The second kappa shape index (κ2) is 6.17. The van der Waals surface area contributed by atoms with Gasteiger partial charge in [0.05, 0.1) is 22.8 Å². The van der Waals surface area contributed by atoms with Crippen LogP contribution < -0.4 is 0 Å². The highest BCUT2D eigenvalue weighted by atomic mass is 35.5. The van der Waals surface area contributed by atoms with Crippen LogP contribution in [0.5, 0.6) is 0 Å². The summed E-state index contributed by atoms with van der Waals surface area (Å²) in [4.78, 5) is 11.1. The molecule has 0 atom stereocenters. The van der Waals surface area contributed by atoms with Gasteiger partial charge in [0.15, 0.2) is 0 Å². The molecule has 102 valence electrons. The molecule has 0 amide bonds. The standard InChI is InChI=1S/C11H7ClF3NO2S/c1-2-18-10(17)6-3-4-8(19-11(13,14)15)7(5-16)9(6)12/h3-4H,2H2,1H3. The van der Waals surface area contributed by atoms with E-state index in [4.69, 9.17) is 16.9 Å². The number of thioether (sulfide) groups is 1. The number of esters is 1. The van der Waals surface area contributed by atoms with Gasteiger partial charge in [-0.05, 0) is 30.8 Å². The maximum atomic E-state index is 12.3. The van der Waals surface area contributed by atoms with Crippen LogP contribution in [0.2, 0.25) is 5.02 Å². The molecule has 0 aliphatic rings. The number of alkyl halides is 3. The number of ether oxygens (including phenoxy) is 1. The molecule has 0 saturated carbocycles. The largest absolute Gasteiger partial charge is 0.462 e. The van der Waals surface area contributed by atoms with E-state index in [1.54, 1.807) is 13.0 Å². The van der Waals surface area contributed by atoms with Crippen LogP contribution >= 0.6 is 23.4 Å². The van der Waals surface area contributed by atoms with Crippen molar-refractivity contribution in [2.45, 2.75) is 17.3 Å². The van der Waals surface area contributed by atoms with Crippen molar-refractivity contribution in [3.8, 4) is 6.07 Å². The van der Waals surface area contributed by atoms with Gasteiger partial charge in [0.2, 0.25) is 0 Å². The lowest BCUT2D eigenvalue weighted by atomic mass is 10.1. The van der Waals surface area contributed by atoms with Gasteiger partial charge in [0.1, 0.15) is 6.07 Å². The van der Waals surface area contributed by atoms with E-state index >= 15 is 0 Å². The van der Waals surface area contributed by atoms with Crippen LogP contribution in [0, 0.1) is 11.3 Å². The average Bonchev–Trinajstić information content (AvgIpc) is 2.27. The number of carbonyl (C=O) groups excluding carboxylic acids is 1. The molecular weight excluding hydrogens is 303 g/mol. The fourth-order valence-corrected chi connectivity index (χ4v) is 2.21. The first kappa shape index (κ1) is 15.7. The molecule has 1 aromatic rings. The molecule has 1 aromatic carbocycles. The Morgan fingerprint density at radius 3 is 2.63 bits per heavy atom. The molecule has 1 rings (SSSR count). The van der Waals surface area contributed by atoms with Crippen molar-refractivity contribution in [2.24, 2.45) is 0 Å². The van der Waals surface area contributed by atoms with Crippen LogP contribution in [0.1, 0.15) is 22.8 Å². The molecule has 19 heavy (non-hydrogen) atoms. The molecule has 0 aliphatic heterocycles. The molecule has 0 aliphatic carbocycles. The Hall–Kier alpha value is -1.39. The second-order valence-corrected chi connectivity index (χ2v) is 4.67. The summed E-state index contributed by atoms with van der Waals surface area (Å²) in [7, 11) is 0.